The number of para-hydroxylation sites is 1. The Kier molecular flexibility index (Phi) is 4.82. The number of imide groups is 1. The van der Waals surface area contributed by atoms with Crippen LogP contribution in [0.2, 0.25) is 0 Å². The molecule has 0 unspecified atom stereocenters. The fraction of sp³-hybridized carbons (Fsp3) is 0.292. The molecule has 1 N–H and O–H groups in total. The van der Waals surface area contributed by atoms with Crippen molar-refractivity contribution in [1.29, 1.82) is 0 Å². The van der Waals surface area contributed by atoms with Crippen LogP contribution in [-0.4, -0.2) is 17.7 Å². The number of nitrogens with one attached hydrogen (secondary N) is 1. The quantitative estimate of drug-likeness (QED) is 0.626. The SMILES string of the molecule is CC1=CC[C@H]2C(=O)N(c3ccccc3C(=O)Nc3cc(C)cc(C)c3)C(=O)[C@@H]2C1. The zero-order valence-corrected chi connectivity index (χ0v) is 16.9. The first-order chi connectivity index (χ1) is 13.8. The molecule has 0 bridgehead atoms. The van der Waals surface area contributed by atoms with Crippen LogP contribution in [0, 0.1) is 25.7 Å². The van der Waals surface area contributed by atoms with Crippen LogP contribution in [0.3, 0.4) is 0 Å². The number of benzene rings is 2. The minimum atomic E-state index is -0.338. The van der Waals surface area contributed by atoms with Crippen molar-refractivity contribution in [3.05, 3.63) is 70.8 Å². The first-order valence-electron chi connectivity index (χ1n) is 9.87. The molecule has 2 aromatic carbocycles. The molecular weight excluding hydrogens is 364 g/mol. The second-order valence-electron chi connectivity index (χ2n) is 8.06. The molecule has 148 valence electrons. The zero-order valence-electron chi connectivity index (χ0n) is 16.9. The van der Waals surface area contributed by atoms with Gasteiger partial charge in [0.2, 0.25) is 11.8 Å². The van der Waals surface area contributed by atoms with Crippen LogP contribution in [0.5, 0.6) is 0 Å². The molecule has 2 aliphatic rings. The van der Waals surface area contributed by atoms with E-state index < -0.39 is 0 Å². The van der Waals surface area contributed by atoms with Gasteiger partial charge in [-0.05, 0) is 69.0 Å². The third kappa shape index (κ3) is 3.48. The van der Waals surface area contributed by atoms with Crippen molar-refractivity contribution in [2.75, 3.05) is 10.2 Å². The Morgan fingerprint density at radius 3 is 2.34 bits per heavy atom. The van der Waals surface area contributed by atoms with E-state index in [1.807, 2.05) is 45.0 Å². The summed E-state index contributed by atoms with van der Waals surface area (Å²) >= 11 is 0. The highest BCUT2D eigenvalue weighted by Crippen LogP contribution is 2.40. The van der Waals surface area contributed by atoms with E-state index in [0.717, 1.165) is 16.7 Å². The number of hydrogen-bond donors (Lipinski definition) is 1. The second kappa shape index (κ2) is 7.32. The molecule has 1 saturated heterocycles. The molecule has 2 aromatic rings. The summed E-state index contributed by atoms with van der Waals surface area (Å²) in [5.41, 5.74) is 4.59. The predicted molar refractivity (Wildman–Crippen MR) is 113 cm³/mol. The molecule has 2 atom stereocenters. The molecule has 1 heterocycles. The summed E-state index contributed by atoms with van der Waals surface area (Å²) in [6.45, 7) is 5.92. The summed E-state index contributed by atoms with van der Waals surface area (Å²) in [6.07, 6.45) is 3.21. The summed E-state index contributed by atoms with van der Waals surface area (Å²) in [7, 11) is 0. The monoisotopic (exact) mass is 388 g/mol. The lowest BCUT2D eigenvalue weighted by atomic mass is 9.82. The number of carbonyl (C=O) groups excluding carboxylic acids is 3. The number of hydrogen-bond acceptors (Lipinski definition) is 3. The van der Waals surface area contributed by atoms with E-state index >= 15 is 0 Å². The zero-order chi connectivity index (χ0) is 20.7. The number of allylic oxidation sites excluding steroid dienone is 2. The van der Waals surface area contributed by atoms with E-state index in [1.54, 1.807) is 24.3 Å². The Labute approximate surface area is 170 Å². The van der Waals surface area contributed by atoms with Crippen LogP contribution in [0.4, 0.5) is 11.4 Å². The Morgan fingerprint density at radius 2 is 1.62 bits per heavy atom. The van der Waals surface area contributed by atoms with Crippen molar-refractivity contribution in [2.24, 2.45) is 11.8 Å². The summed E-state index contributed by atoms with van der Waals surface area (Å²) in [5.74, 6) is -1.42. The normalized spacial score (nSPS) is 21.1. The fourth-order valence-corrected chi connectivity index (χ4v) is 4.38. The van der Waals surface area contributed by atoms with E-state index in [9.17, 15) is 14.4 Å². The summed E-state index contributed by atoms with van der Waals surface area (Å²) < 4.78 is 0. The van der Waals surface area contributed by atoms with Crippen molar-refractivity contribution in [3.63, 3.8) is 0 Å². The van der Waals surface area contributed by atoms with Gasteiger partial charge >= 0.3 is 0 Å². The van der Waals surface area contributed by atoms with Crippen molar-refractivity contribution >= 4 is 29.1 Å². The largest absolute Gasteiger partial charge is 0.322 e. The van der Waals surface area contributed by atoms with Crippen LogP contribution >= 0.6 is 0 Å². The molecule has 5 heteroatoms. The molecule has 3 amide bonds. The van der Waals surface area contributed by atoms with E-state index in [-0.39, 0.29) is 29.6 Å². The highest BCUT2D eigenvalue weighted by molar-refractivity contribution is 6.25. The number of anilines is 2. The van der Waals surface area contributed by atoms with Crippen LogP contribution in [-0.2, 0) is 9.59 Å². The lowest BCUT2D eigenvalue weighted by molar-refractivity contribution is -0.122. The first-order valence-corrected chi connectivity index (χ1v) is 9.87. The molecule has 0 radical (unpaired) electrons. The van der Waals surface area contributed by atoms with Gasteiger partial charge in [-0.2, -0.15) is 0 Å². The smallest absolute Gasteiger partial charge is 0.257 e. The molecule has 4 rings (SSSR count). The molecule has 29 heavy (non-hydrogen) atoms. The maximum atomic E-state index is 13.1. The van der Waals surface area contributed by atoms with E-state index in [0.29, 0.717) is 29.8 Å². The average Bonchev–Trinajstić information content (AvgIpc) is 2.91. The van der Waals surface area contributed by atoms with Gasteiger partial charge in [-0.25, -0.2) is 4.90 Å². The van der Waals surface area contributed by atoms with Crippen molar-refractivity contribution < 1.29 is 14.4 Å². The van der Waals surface area contributed by atoms with Gasteiger partial charge in [-0.15, -0.1) is 0 Å². The van der Waals surface area contributed by atoms with Crippen LogP contribution in [0.1, 0.15) is 41.3 Å². The minimum absolute atomic E-state index is 0.209. The van der Waals surface area contributed by atoms with Gasteiger partial charge in [0.15, 0.2) is 0 Å². The molecule has 5 nitrogen and oxygen atoms in total. The molecule has 0 spiro atoms. The molecular formula is C24H24N2O3. The first kappa shape index (κ1) is 19.1. The van der Waals surface area contributed by atoms with Gasteiger partial charge in [0, 0.05) is 5.69 Å². The summed E-state index contributed by atoms with van der Waals surface area (Å²) in [5, 5.41) is 2.90. The van der Waals surface area contributed by atoms with Gasteiger partial charge < -0.3 is 5.32 Å². The number of aryl methyl sites for hydroxylation is 2. The topological polar surface area (TPSA) is 66.5 Å². The third-order valence-electron chi connectivity index (χ3n) is 5.69. The van der Waals surface area contributed by atoms with Gasteiger partial charge in [0.05, 0.1) is 23.1 Å². The maximum Gasteiger partial charge on any atom is 0.257 e. The van der Waals surface area contributed by atoms with Gasteiger partial charge in [0.1, 0.15) is 0 Å². The van der Waals surface area contributed by atoms with Gasteiger partial charge in [0.25, 0.3) is 5.91 Å². The molecule has 1 aliphatic carbocycles. The van der Waals surface area contributed by atoms with Crippen molar-refractivity contribution in [2.45, 2.75) is 33.6 Å². The Balaban J connectivity index is 1.66. The Morgan fingerprint density at radius 1 is 0.966 bits per heavy atom. The lowest BCUT2D eigenvalue weighted by Gasteiger charge is -2.19. The van der Waals surface area contributed by atoms with E-state index in [2.05, 4.69) is 5.32 Å². The lowest BCUT2D eigenvalue weighted by Crippen LogP contribution is -2.33. The predicted octanol–water partition coefficient (Wildman–Crippen LogP) is 4.40. The Bertz CT molecular complexity index is 1030. The van der Waals surface area contributed by atoms with E-state index in [1.165, 1.54) is 4.90 Å². The van der Waals surface area contributed by atoms with Gasteiger partial charge in [-0.1, -0.05) is 29.8 Å². The van der Waals surface area contributed by atoms with Crippen molar-refractivity contribution in [3.8, 4) is 0 Å². The number of carbonyl (C=O) groups is 3. The average molecular weight is 388 g/mol. The van der Waals surface area contributed by atoms with Gasteiger partial charge in [-0.3, -0.25) is 14.4 Å². The summed E-state index contributed by atoms with van der Waals surface area (Å²) in [6, 6.07) is 12.6. The highest BCUT2D eigenvalue weighted by Gasteiger charge is 2.49. The summed E-state index contributed by atoms with van der Waals surface area (Å²) in [4.78, 5) is 40.3. The van der Waals surface area contributed by atoms with Crippen LogP contribution in [0.15, 0.2) is 54.1 Å². The number of rotatable bonds is 3. The molecule has 1 fully saturated rings. The second-order valence-corrected chi connectivity index (χ2v) is 8.06. The Hall–Kier alpha value is -3.21. The number of nitrogens with zero attached hydrogens (tertiary/aromatic N) is 1. The minimum Gasteiger partial charge on any atom is -0.322 e. The number of amides is 3. The fourth-order valence-electron chi connectivity index (χ4n) is 4.38. The highest BCUT2D eigenvalue weighted by atomic mass is 16.2. The maximum absolute atomic E-state index is 13.1. The standard InChI is InChI=1S/C24H24N2O3/c1-14-8-9-18-20(13-14)24(29)26(23(18)28)21-7-5-4-6-19(21)22(27)25-17-11-15(2)10-16(3)12-17/h4-8,10-12,18,20H,9,13H2,1-3H3,(H,25,27)/t18-,20-/m1/s1. The van der Waals surface area contributed by atoms with E-state index in [4.69, 9.17) is 0 Å². The molecule has 0 aromatic heterocycles. The van der Waals surface area contributed by atoms with Crippen LogP contribution < -0.4 is 10.2 Å². The van der Waals surface area contributed by atoms with Crippen LogP contribution in [0.25, 0.3) is 0 Å². The number of fused-ring (bicyclic) bond motifs is 1. The molecule has 1 aliphatic heterocycles. The van der Waals surface area contributed by atoms with Crippen molar-refractivity contribution in [1.82, 2.24) is 0 Å². The third-order valence-corrected chi connectivity index (χ3v) is 5.69. The molecule has 0 saturated carbocycles.